The number of carbonyl (C=O) groups is 1. The number of aromatic nitrogens is 3. The Morgan fingerprint density at radius 3 is 2.52 bits per heavy atom. The van der Waals surface area contributed by atoms with Gasteiger partial charge in [0.25, 0.3) is 5.91 Å². The molecule has 6 heterocycles. The predicted octanol–water partition coefficient (Wildman–Crippen LogP) is 3.50. The van der Waals surface area contributed by atoms with Crippen molar-refractivity contribution in [1.29, 1.82) is 0 Å². The van der Waals surface area contributed by atoms with Crippen molar-refractivity contribution in [3.8, 4) is 0 Å². The molecule has 3 N–H and O–H groups in total. The molecule has 3 aromatic heterocycles. The van der Waals surface area contributed by atoms with E-state index in [1.165, 1.54) is 6.20 Å². The van der Waals surface area contributed by atoms with Crippen molar-refractivity contribution in [2.24, 2.45) is 0 Å². The highest BCUT2D eigenvalue weighted by atomic mass is 19.4. The van der Waals surface area contributed by atoms with E-state index in [1.54, 1.807) is 17.3 Å². The lowest BCUT2D eigenvalue weighted by Gasteiger charge is -2.42. The quantitative estimate of drug-likeness (QED) is 0.385. The summed E-state index contributed by atoms with van der Waals surface area (Å²) >= 11 is 0. The SMILES string of the molecule is Cc1ncc(NC(=O)c2cc(C(F)(F)F)ccn2)cc1N1C=C(c2cncc(N3CCC(N4CCN(C)CC4)CC3)c2)NN1. The van der Waals surface area contributed by atoms with Crippen molar-refractivity contribution < 1.29 is 18.0 Å². The standard InChI is InChI=1S/C30H35F3N10O/c1-20-28(15-23(17-36-20)37-29(44)26-14-22(3-6-35-26)30(31,32)33)43-19-27(38-39-43)21-13-25(18-34-16-21)41-7-4-24(5-8-41)42-11-9-40(2)10-12-42/h3,6,13-19,24,38-39H,4-5,7-12H2,1-2H3,(H,37,44). The maximum atomic E-state index is 13.1. The zero-order valence-corrected chi connectivity index (χ0v) is 24.6. The average Bonchev–Trinajstić information content (AvgIpc) is 3.52. The third-order valence-electron chi connectivity index (χ3n) is 8.39. The number of carbonyl (C=O) groups excluding carboxylic acids is 1. The summed E-state index contributed by atoms with van der Waals surface area (Å²) in [5, 5.41) is 4.32. The Labute approximate surface area is 253 Å². The van der Waals surface area contributed by atoms with E-state index >= 15 is 0 Å². The van der Waals surface area contributed by atoms with Gasteiger partial charge in [-0.05, 0) is 51.1 Å². The molecule has 0 radical (unpaired) electrons. The van der Waals surface area contributed by atoms with Gasteiger partial charge < -0.3 is 20.5 Å². The summed E-state index contributed by atoms with van der Waals surface area (Å²) in [6.07, 6.45) is 5.66. The van der Waals surface area contributed by atoms with Crippen molar-refractivity contribution in [2.75, 3.05) is 61.5 Å². The Balaban J connectivity index is 1.12. The van der Waals surface area contributed by atoms with Crippen molar-refractivity contribution in [3.63, 3.8) is 0 Å². The number of piperidine rings is 1. The second-order valence-electron chi connectivity index (χ2n) is 11.3. The molecule has 0 aromatic carbocycles. The van der Waals surface area contributed by atoms with E-state index in [4.69, 9.17) is 0 Å². The number of amides is 1. The van der Waals surface area contributed by atoms with Crippen LogP contribution in [0.15, 0.2) is 55.3 Å². The Morgan fingerprint density at radius 1 is 1.00 bits per heavy atom. The minimum atomic E-state index is -4.58. The van der Waals surface area contributed by atoms with Crippen LogP contribution >= 0.6 is 0 Å². The number of anilines is 3. The van der Waals surface area contributed by atoms with Gasteiger partial charge in [-0.2, -0.15) is 13.2 Å². The van der Waals surface area contributed by atoms with Gasteiger partial charge in [-0.25, -0.2) is 0 Å². The molecule has 0 spiro atoms. The van der Waals surface area contributed by atoms with Crippen LogP contribution in [0.5, 0.6) is 0 Å². The van der Waals surface area contributed by atoms with Crippen LogP contribution in [0.3, 0.4) is 0 Å². The predicted molar refractivity (Wildman–Crippen MR) is 161 cm³/mol. The lowest BCUT2D eigenvalue weighted by molar-refractivity contribution is -0.137. The van der Waals surface area contributed by atoms with E-state index in [2.05, 4.69) is 59.0 Å². The first-order valence-corrected chi connectivity index (χ1v) is 14.6. The molecule has 0 saturated carbocycles. The lowest BCUT2D eigenvalue weighted by Crippen LogP contribution is -2.52. The maximum Gasteiger partial charge on any atom is 0.416 e. The monoisotopic (exact) mass is 608 g/mol. The molecule has 14 heteroatoms. The van der Waals surface area contributed by atoms with E-state index in [1.807, 2.05) is 19.3 Å². The molecule has 3 aromatic rings. The minimum Gasteiger partial charge on any atom is -0.370 e. The number of pyridine rings is 3. The molecular weight excluding hydrogens is 573 g/mol. The van der Waals surface area contributed by atoms with Crippen molar-refractivity contribution in [3.05, 3.63) is 77.8 Å². The highest BCUT2D eigenvalue weighted by molar-refractivity contribution is 6.03. The molecule has 0 aliphatic carbocycles. The summed E-state index contributed by atoms with van der Waals surface area (Å²) in [6.45, 7) is 8.32. The Bertz CT molecular complexity index is 1530. The van der Waals surface area contributed by atoms with Gasteiger partial charge in [-0.15, -0.1) is 5.53 Å². The number of halogens is 3. The van der Waals surface area contributed by atoms with Crippen LogP contribution in [-0.4, -0.2) is 83.0 Å². The molecule has 0 bridgehead atoms. The molecule has 3 aliphatic heterocycles. The van der Waals surface area contributed by atoms with E-state index in [-0.39, 0.29) is 5.69 Å². The van der Waals surface area contributed by atoms with Crippen LogP contribution in [0, 0.1) is 6.92 Å². The van der Waals surface area contributed by atoms with Gasteiger partial charge in [-0.3, -0.25) is 29.7 Å². The normalized spacial score (nSPS) is 18.7. The Morgan fingerprint density at radius 2 is 1.77 bits per heavy atom. The Hall–Kier alpha value is -4.27. The van der Waals surface area contributed by atoms with Gasteiger partial charge in [0.05, 0.1) is 46.4 Å². The number of rotatable bonds is 6. The van der Waals surface area contributed by atoms with Crippen LogP contribution in [0.4, 0.5) is 30.2 Å². The first kappa shape index (κ1) is 29.8. The number of alkyl halides is 3. The topological polar surface area (TPSA) is 105 Å². The molecule has 6 rings (SSSR count). The van der Waals surface area contributed by atoms with Crippen molar-refractivity contribution >= 4 is 28.7 Å². The lowest BCUT2D eigenvalue weighted by atomic mass is 10.0. The first-order valence-electron chi connectivity index (χ1n) is 14.6. The van der Waals surface area contributed by atoms with Crippen LogP contribution in [0.25, 0.3) is 5.70 Å². The van der Waals surface area contributed by atoms with E-state index in [9.17, 15) is 18.0 Å². The zero-order chi connectivity index (χ0) is 30.8. The number of aryl methyl sites for hydroxylation is 1. The Kier molecular flexibility index (Phi) is 8.38. The van der Waals surface area contributed by atoms with Crippen LogP contribution in [0.1, 0.15) is 40.2 Å². The minimum absolute atomic E-state index is 0.308. The van der Waals surface area contributed by atoms with Gasteiger partial charge in [0.2, 0.25) is 0 Å². The third kappa shape index (κ3) is 6.61. The summed E-state index contributed by atoms with van der Waals surface area (Å²) in [5.74, 6) is -0.771. The summed E-state index contributed by atoms with van der Waals surface area (Å²) in [4.78, 5) is 32.8. The summed E-state index contributed by atoms with van der Waals surface area (Å²) < 4.78 is 39.3. The van der Waals surface area contributed by atoms with E-state index in [0.717, 1.165) is 87.4 Å². The van der Waals surface area contributed by atoms with Crippen molar-refractivity contribution in [1.82, 2.24) is 35.7 Å². The van der Waals surface area contributed by atoms with Crippen LogP contribution < -0.4 is 26.2 Å². The number of likely N-dealkylation sites (N-methyl/N-ethyl adjacent to an activating group) is 1. The molecular formula is C30H35F3N10O. The molecule has 232 valence electrons. The average molecular weight is 609 g/mol. The molecule has 0 atom stereocenters. The fraction of sp³-hybridized carbons (Fsp3) is 0.400. The summed E-state index contributed by atoms with van der Waals surface area (Å²) in [5.41, 5.74) is 9.37. The number of nitrogens with zero attached hydrogens (tertiary/aromatic N) is 7. The van der Waals surface area contributed by atoms with Gasteiger partial charge in [0.15, 0.2) is 0 Å². The number of piperazine rings is 1. The molecule has 2 saturated heterocycles. The second kappa shape index (κ2) is 12.4. The van der Waals surface area contributed by atoms with Gasteiger partial charge in [-0.1, -0.05) is 0 Å². The van der Waals surface area contributed by atoms with Gasteiger partial charge >= 0.3 is 6.18 Å². The van der Waals surface area contributed by atoms with Crippen molar-refractivity contribution in [2.45, 2.75) is 32.0 Å². The number of hydrazine groups is 2. The molecule has 0 unspecified atom stereocenters. The third-order valence-corrected chi connectivity index (χ3v) is 8.39. The molecule has 2 fully saturated rings. The highest BCUT2D eigenvalue weighted by Crippen LogP contribution is 2.30. The second-order valence-corrected chi connectivity index (χ2v) is 11.3. The van der Waals surface area contributed by atoms with Gasteiger partial charge in [0, 0.05) is 69.5 Å². The number of nitrogens with one attached hydrogen (secondary N) is 3. The van der Waals surface area contributed by atoms with Crippen LogP contribution in [-0.2, 0) is 6.18 Å². The molecule has 11 nitrogen and oxygen atoms in total. The maximum absolute atomic E-state index is 13.1. The molecule has 3 aliphatic rings. The zero-order valence-electron chi connectivity index (χ0n) is 24.6. The summed E-state index contributed by atoms with van der Waals surface area (Å²) in [6, 6.07) is 5.97. The first-order chi connectivity index (χ1) is 21.1. The fourth-order valence-corrected chi connectivity index (χ4v) is 5.77. The molecule has 44 heavy (non-hydrogen) atoms. The largest absolute Gasteiger partial charge is 0.416 e. The van der Waals surface area contributed by atoms with E-state index in [0.29, 0.717) is 23.1 Å². The smallest absolute Gasteiger partial charge is 0.370 e. The summed E-state index contributed by atoms with van der Waals surface area (Å²) in [7, 11) is 2.18. The fourth-order valence-electron chi connectivity index (χ4n) is 5.77. The highest BCUT2D eigenvalue weighted by Gasteiger charge is 2.31. The van der Waals surface area contributed by atoms with E-state index < -0.39 is 17.6 Å². The number of hydrogen-bond donors (Lipinski definition) is 3. The van der Waals surface area contributed by atoms with Crippen LogP contribution in [0.2, 0.25) is 0 Å². The number of hydrogen-bond acceptors (Lipinski definition) is 10. The molecule has 1 amide bonds. The van der Waals surface area contributed by atoms with Gasteiger partial charge in [0.1, 0.15) is 5.69 Å².